The van der Waals surface area contributed by atoms with Crippen LogP contribution in [0.1, 0.15) is 26.7 Å². The molecule has 0 aromatic carbocycles. The summed E-state index contributed by atoms with van der Waals surface area (Å²) in [5.74, 6) is -4.41. The van der Waals surface area contributed by atoms with Crippen molar-refractivity contribution in [2.24, 2.45) is 11.8 Å². The highest BCUT2D eigenvalue weighted by Gasteiger charge is 2.45. The molecule has 2 nitrogen and oxygen atoms in total. The molecule has 78 valence electrons. The molecule has 0 saturated carbocycles. The van der Waals surface area contributed by atoms with Crippen LogP contribution >= 0.6 is 0 Å². The van der Waals surface area contributed by atoms with E-state index in [4.69, 9.17) is 5.11 Å². The van der Waals surface area contributed by atoms with Crippen molar-refractivity contribution in [2.75, 3.05) is 0 Å². The third-order valence-electron chi connectivity index (χ3n) is 2.10. The minimum Gasteiger partial charge on any atom is -0.481 e. The summed E-state index contributed by atoms with van der Waals surface area (Å²) in [7, 11) is 0. The average Bonchev–Trinajstić information content (AvgIpc) is 1.96. The molecule has 0 aliphatic carbocycles. The smallest absolute Gasteiger partial charge is 0.392 e. The van der Waals surface area contributed by atoms with Gasteiger partial charge in [-0.15, -0.1) is 0 Å². The third kappa shape index (κ3) is 3.24. The second-order valence-corrected chi connectivity index (χ2v) is 2.91. The molecule has 1 N–H and O–H groups in total. The largest absolute Gasteiger partial charge is 0.481 e. The van der Waals surface area contributed by atoms with E-state index in [1.54, 1.807) is 0 Å². The highest BCUT2D eigenvalue weighted by molar-refractivity contribution is 5.70. The fraction of sp³-hybridized carbons (Fsp3) is 0.875. The van der Waals surface area contributed by atoms with Gasteiger partial charge in [-0.3, -0.25) is 4.79 Å². The summed E-state index contributed by atoms with van der Waals surface area (Å²) in [4.78, 5) is 10.5. The maximum atomic E-state index is 12.3. The predicted molar refractivity (Wildman–Crippen MR) is 41.3 cm³/mol. The van der Waals surface area contributed by atoms with Gasteiger partial charge in [-0.1, -0.05) is 13.8 Å². The van der Waals surface area contributed by atoms with Crippen molar-refractivity contribution in [1.29, 1.82) is 0 Å². The first-order valence-corrected chi connectivity index (χ1v) is 4.14. The topological polar surface area (TPSA) is 37.3 Å². The molecular formula is C8H13F3O2. The van der Waals surface area contributed by atoms with Gasteiger partial charge in [-0.05, 0) is 12.8 Å². The van der Waals surface area contributed by atoms with Crippen LogP contribution in [0.2, 0.25) is 0 Å². The maximum absolute atomic E-state index is 12.3. The lowest BCUT2D eigenvalue weighted by molar-refractivity contribution is -0.197. The molecule has 2 atom stereocenters. The molecule has 0 fully saturated rings. The monoisotopic (exact) mass is 198 g/mol. The minimum atomic E-state index is -4.41. The number of hydrogen-bond acceptors (Lipinski definition) is 1. The van der Waals surface area contributed by atoms with Crippen molar-refractivity contribution in [3.8, 4) is 0 Å². The molecule has 0 heterocycles. The van der Waals surface area contributed by atoms with E-state index in [1.165, 1.54) is 13.8 Å². The lowest BCUT2D eigenvalue weighted by atomic mass is 9.87. The number of alkyl halides is 3. The summed E-state index contributed by atoms with van der Waals surface area (Å²) in [6.07, 6.45) is -4.59. The molecule has 0 radical (unpaired) electrons. The first-order valence-electron chi connectivity index (χ1n) is 4.14. The fourth-order valence-electron chi connectivity index (χ4n) is 1.38. The van der Waals surface area contributed by atoms with Crippen LogP contribution in [0, 0.1) is 11.8 Å². The van der Waals surface area contributed by atoms with E-state index >= 15 is 0 Å². The highest BCUT2D eigenvalue weighted by atomic mass is 19.4. The van der Waals surface area contributed by atoms with Gasteiger partial charge in [0.25, 0.3) is 0 Å². The van der Waals surface area contributed by atoms with E-state index in [1.807, 2.05) is 0 Å². The quantitative estimate of drug-likeness (QED) is 0.754. The Bertz CT molecular complexity index is 177. The Balaban J connectivity index is 4.63. The van der Waals surface area contributed by atoms with Gasteiger partial charge < -0.3 is 5.11 Å². The summed E-state index contributed by atoms with van der Waals surface area (Å²) in [5, 5.41) is 8.54. The van der Waals surface area contributed by atoms with Gasteiger partial charge in [-0.2, -0.15) is 13.2 Å². The number of carboxylic acid groups (broad SMARTS) is 1. The minimum absolute atomic E-state index is 0.00729. The average molecular weight is 198 g/mol. The van der Waals surface area contributed by atoms with Gasteiger partial charge in [0.05, 0.1) is 11.8 Å². The molecule has 13 heavy (non-hydrogen) atoms. The Morgan fingerprint density at radius 1 is 1.31 bits per heavy atom. The summed E-state index contributed by atoms with van der Waals surface area (Å²) < 4.78 is 36.8. The van der Waals surface area contributed by atoms with E-state index in [-0.39, 0.29) is 12.8 Å². The highest BCUT2D eigenvalue weighted by Crippen LogP contribution is 2.36. The van der Waals surface area contributed by atoms with E-state index in [0.29, 0.717) is 0 Å². The van der Waals surface area contributed by atoms with Crippen LogP contribution < -0.4 is 0 Å². The number of rotatable bonds is 4. The zero-order valence-electron chi connectivity index (χ0n) is 7.56. The second kappa shape index (κ2) is 4.48. The van der Waals surface area contributed by atoms with Crippen molar-refractivity contribution >= 4 is 5.97 Å². The zero-order chi connectivity index (χ0) is 10.6. The molecule has 5 heteroatoms. The van der Waals surface area contributed by atoms with Gasteiger partial charge in [0, 0.05) is 0 Å². The Morgan fingerprint density at radius 3 is 1.85 bits per heavy atom. The van der Waals surface area contributed by atoms with Gasteiger partial charge >= 0.3 is 12.1 Å². The van der Waals surface area contributed by atoms with Crippen molar-refractivity contribution in [2.45, 2.75) is 32.9 Å². The van der Waals surface area contributed by atoms with Crippen molar-refractivity contribution in [3.05, 3.63) is 0 Å². The Morgan fingerprint density at radius 2 is 1.77 bits per heavy atom. The molecule has 0 aliphatic rings. The van der Waals surface area contributed by atoms with E-state index < -0.39 is 24.0 Å². The zero-order valence-corrected chi connectivity index (χ0v) is 7.56. The number of halogens is 3. The van der Waals surface area contributed by atoms with Gasteiger partial charge in [0.15, 0.2) is 0 Å². The SMILES string of the molecule is CCC(C(=O)O)C(CC)C(F)(F)F. The first-order chi connectivity index (χ1) is 5.84. The summed E-state index contributed by atoms with van der Waals surface area (Å²) in [5.41, 5.74) is 0. The molecule has 0 aromatic rings. The molecular weight excluding hydrogens is 185 g/mol. The van der Waals surface area contributed by atoms with E-state index in [9.17, 15) is 18.0 Å². The fourth-order valence-corrected chi connectivity index (χ4v) is 1.38. The molecule has 0 aromatic heterocycles. The maximum Gasteiger partial charge on any atom is 0.392 e. The van der Waals surface area contributed by atoms with Crippen LogP contribution in [-0.2, 0) is 4.79 Å². The molecule has 2 unspecified atom stereocenters. The summed E-state index contributed by atoms with van der Waals surface area (Å²) >= 11 is 0. The van der Waals surface area contributed by atoms with E-state index in [2.05, 4.69) is 0 Å². The number of carboxylic acids is 1. The van der Waals surface area contributed by atoms with Crippen LogP contribution in [0.4, 0.5) is 13.2 Å². The molecule has 0 bridgehead atoms. The number of aliphatic carboxylic acids is 1. The third-order valence-corrected chi connectivity index (χ3v) is 2.10. The number of hydrogen-bond donors (Lipinski definition) is 1. The summed E-state index contributed by atoms with van der Waals surface area (Å²) in [6, 6.07) is 0. The summed E-state index contributed by atoms with van der Waals surface area (Å²) in [6.45, 7) is 2.80. The van der Waals surface area contributed by atoms with Gasteiger partial charge in [0.2, 0.25) is 0 Å². The Hall–Kier alpha value is -0.740. The lowest BCUT2D eigenvalue weighted by Gasteiger charge is -2.23. The number of carbonyl (C=O) groups is 1. The van der Waals surface area contributed by atoms with Crippen LogP contribution in [0.15, 0.2) is 0 Å². The predicted octanol–water partition coefficient (Wildman–Crippen LogP) is 2.69. The standard InChI is InChI=1S/C8H13F3O2/c1-3-5(7(12)13)6(4-2)8(9,10)11/h5-6H,3-4H2,1-2H3,(H,12,13). The van der Waals surface area contributed by atoms with Gasteiger partial charge in [0.1, 0.15) is 0 Å². The van der Waals surface area contributed by atoms with Gasteiger partial charge in [-0.25, -0.2) is 0 Å². The lowest BCUT2D eigenvalue weighted by Crippen LogP contribution is -2.34. The molecule has 0 saturated heterocycles. The van der Waals surface area contributed by atoms with Crippen molar-refractivity contribution < 1.29 is 23.1 Å². The molecule has 0 spiro atoms. The van der Waals surface area contributed by atoms with Crippen molar-refractivity contribution in [1.82, 2.24) is 0 Å². The van der Waals surface area contributed by atoms with Crippen LogP contribution in [0.3, 0.4) is 0 Å². The Kier molecular flexibility index (Phi) is 4.23. The Labute approximate surface area is 74.7 Å². The van der Waals surface area contributed by atoms with Crippen molar-refractivity contribution in [3.63, 3.8) is 0 Å². The molecule has 0 amide bonds. The van der Waals surface area contributed by atoms with Crippen LogP contribution in [0.25, 0.3) is 0 Å². The van der Waals surface area contributed by atoms with E-state index in [0.717, 1.165) is 0 Å². The normalized spacial score (nSPS) is 16.7. The van der Waals surface area contributed by atoms with Crippen LogP contribution in [-0.4, -0.2) is 17.3 Å². The van der Waals surface area contributed by atoms with Crippen LogP contribution in [0.5, 0.6) is 0 Å². The molecule has 0 aliphatic heterocycles. The second-order valence-electron chi connectivity index (χ2n) is 2.91. The molecule has 0 rings (SSSR count). The first kappa shape index (κ1) is 12.3.